The molecule has 2 aromatic rings. The molecule has 35 heavy (non-hydrogen) atoms. The maximum Gasteiger partial charge on any atom is 0.326 e. The van der Waals surface area contributed by atoms with Crippen molar-refractivity contribution in [1.29, 1.82) is 0 Å². The van der Waals surface area contributed by atoms with E-state index in [9.17, 15) is 24.3 Å². The normalized spacial score (nSPS) is 14.5. The summed E-state index contributed by atoms with van der Waals surface area (Å²) in [6, 6.07) is 3.33. The fourth-order valence-corrected chi connectivity index (χ4v) is 4.22. The van der Waals surface area contributed by atoms with E-state index in [-0.39, 0.29) is 24.3 Å². The summed E-state index contributed by atoms with van der Waals surface area (Å²) in [7, 11) is 0. The fourth-order valence-electron chi connectivity index (χ4n) is 3.33. The van der Waals surface area contributed by atoms with Crippen molar-refractivity contribution in [3.8, 4) is 0 Å². The summed E-state index contributed by atoms with van der Waals surface area (Å²) >= 11 is 9.56. The predicted octanol–water partition coefficient (Wildman–Crippen LogP) is 0.189. The molecule has 10 nitrogen and oxygen atoms in total. The van der Waals surface area contributed by atoms with Crippen LogP contribution in [0, 0.1) is 0 Å². The van der Waals surface area contributed by atoms with Gasteiger partial charge in [0.15, 0.2) is 0 Å². The molecule has 3 amide bonds. The second-order valence-corrected chi connectivity index (χ2v) is 9.55. The Kier molecular flexibility index (Phi) is 11.8. The molecule has 1 aromatic carbocycles. The van der Waals surface area contributed by atoms with Crippen molar-refractivity contribution in [3.05, 3.63) is 36.0 Å². The third-order valence-electron chi connectivity index (χ3n) is 5.31. The summed E-state index contributed by atoms with van der Waals surface area (Å²) < 4.78 is 0. The lowest BCUT2D eigenvalue weighted by molar-refractivity contribution is -0.142. The molecule has 4 unspecified atom stereocenters. The quantitative estimate of drug-likeness (QED) is 0.158. The number of carboxylic acid groups (broad SMARTS) is 1. The highest BCUT2D eigenvalue weighted by molar-refractivity contribution is 7.98. The second kappa shape index (κ2) is 14.3. The number of nitrogens with two attached hydrogens (primary N) is 1. The number of rotatable bonds is 14. The molecule has 0 saturated heterocycles. The Balaban J connectivity index is 2.12. The molecular weight excluding hydrogens is 510 g/mol. The standard InChI is InChI=1S/C22H31N5O5S3/c1-35-7-6-16(25-21(30)18(11-34)27-19(28)14(23)10-33)20(29)26-17(22(31)32)8-12-9-24-15-5-3-2-4-13(12)15/h2-5,9,14,16-18,24,33-34H,6-8,10-11,23H2,1H3,(H,25,30)(H,26,29)(H,27,28)(H,31,32). The van der Waals surface area contributed by atoms with Crippen LogP contribution in [0.25, 0.3) is 10.9 Å². The molecule has 0 aliphatic rings. The number of hydrogen-bond acceptors (Lipinski definition) is 8. The minimum absolute atomic E-state index is 0.0218. The number of fused-ring (bicyclic) bond motifs is 1. The van der Waals surface area contributed by atoms with Gasteiger partial charge in [0.05, 0.1) is 6.04 Å². The summed E-state index contributed by atoms with van der Waals surface area (Å²) in [5.41, 5.74) is 7.25. The number of nitrogens with one attached hydrogen (secondary N) is 4. The van der Waals surface area contributed by atoms with Gasteiger partial charge in [-0.3, -0.25) is 14.4 Å². The number of carbonyl (C=O) groups excluding carboxylic acids is 3. The molecule has 13 heteroatoms. The molecule has 0 aliphatic heterocycles. The summed E-state index contributed by atoms with van der Waals surface area (Å²) in [6.45, 7) is 0. The Morgan fingerprint density at radius 3 is 2.26 bits per heavy atom. The van der Waals surface area contributed by atoms with Crippen LogP contribution in [0.3, 0.4) is 0 Å². The number of aromatic amines is 1. The number of carbonyl (C=O) groups is 4. The van der Waals surface area contributed by atoms with E-state index in [0.717, 1.165) is 16.5 Å². The number of benzene rings is 1. The number of para-hydroxylation sites is 1. The molecular formula is C22H31N5O5S3. The Bertz CT molecular complexity index is 1030. The third kappa shape index (κ3) is 8.37. The molecule has 0 radical (unpaired) electrons. The first-order valence-electron chi connectivity index (χ1n) is 10.9. The highest BCUT2D eigenvalue weighted by atomic mass is 32.2. The molecule has 7 N–H and O–H groups in total. The lowest BCUT2D eigenvalue weighted by atomic mass is 10.0. The van der Waals surface area contributed by atoms with Crippen molar-refractivity contribution in [1.82, 2.24) is 20.9 Å². The monoisotopic (exact) mass is 541 g/mol. The van der Waals surface area contributed by atoms with E-state index in [1.165, 1.54) is 11.8 Å². The molecule has 1 aromatic heterocycles. The maximum absolute atomic E-state index is 13.0. The van der Waals surface area contributed by atoms with E-state index in [1.807, 2.05) is 30.5 Å². The van der Waals surface area contributed by atoms with Crippen LogP contribution in [0.2, 0.25) is 0 Å². The number of thioether (sulfide) groups is 1. The molecule has 0 aliphatic carbocycles. The van der Waals surface area contributed by atoms with Gasteiger partial charge in [0.1, 0.15) is 18.1 Å². The summed E-state index contributed by atoms with van der Waals surface area (Å²) in [5.74, 6) is -2.39. The first-order chi connectivity index (χ1) is 16.7. The van der Waals surface area contributed by atoms with Crippen LogP contribution in [0.5, 0.6) is 0 Å². The molecule has 2 rings (SSSR count). The van der Waals surface area contributed by atoms with Crippen LogP contribution in [0.4, 0.5) is 0 Å². The van der Waals surface area contributed by atoms with Crippen molar-refractivity contribution in [2.24, 2.45) is 5.73 Å². The van der Waals surface area contributed by atoms with Gasteiger partial charge in [-0.25, -0.2) is 4.79 Å². The van der Waals surface area contributed by atoms with Crippen molar-refractivity contribution < 1.29 is 24.3 Å². The zero-order chi connectivity index (χ0) is 26.0. The Hall–Kier alpha value is -2.35. The highest BCUT2D eigenvalue weighted by Crippen LogP contribution is 2.19. The minimum Gasteiger partial charge on any atom is -0.480 e. The van der Waals surface area contributed by atoms with Crippen LogP contribution in [0.15, 0.2) is 30.5 Å². The van der Waals surface area contributed by atoms with Crippen LogP contribution in [0.1, 0.15) is 12.0 Å². The zero-order valence-electron chi connectivity index (χ0n) is 19.2. The number of amides is 3. The molecule has 192 valence electrons. The zero-order valence-corrected chi connectivity index (χ0v) is 21.8. The summed E-state index contributed by atoms with van der Waals surface area (Å²) in [6.07, 6.45) is 3.89. The highest BCUT2D eigenvalue weighted by Gasteiger charge is 2.30. The predicted molar refractivity (Wildman–Crippen MR) is 144 cm³/mol. The summed E-state index contributed by atoms with van der Waals surface area (Å²) in [5, 5.41) is 18.3. The largest absolute Gasteiger partial charge is 0.480 e. The number of hydrogen-bond donors (Lipinski definition) is 8. The first kappa shape index (κ1) is 28.9. The van der Waals surface area contributed by atoms with Gasteiger partial charge >= 0.3 is 5.97 Å². The SMILES string of the molecule is CSCCC(NC(=O)C(CS)NC(=O)C(N)CS)C(=O)NC(Cc1c[nH]c2ccccc12)C(=O)O. The second-order valence-electron chi connectivity index (χ2n) is 7.84. The number of thiol groups is 2. The summed E-state index contributed by atoms with van der Waals surface area (Å²) in [4.78, 5) is 52.9. The number of carboxylic acids is 1. The fraction of sp³-hybridized carbons (Fsp3) is 0.455. The topological polar surface area (TPSA) is 166 Å². The minimum atomic E-state index is -1.20. The number of aromatic nitrogens is 1. The van der Waals surface area contributed by atoms with Gasteiger partial charge in [-0.05, 0) is 30.1 Å². The lowest BCUT2D eigenvalue weighted by Crippen LogP contribution is -2.58. The average Bonchev–Trinajstić information content (AvgIpc) is 3.26. The Morgan fingerprint density at radius 2 is 1.63 bits per heavy atom. The van der Waals surface area contributed by atoms with Gasteiger partial charge in [-0.1, -0.05) is 18.2 Å². The van der Waals surface area contributed by atoms with Gasteiger partial charge in [0, 0.05) is 35.0 Å². The van der Waals surface area contributed by atoms with Crippen molar-refractivity contribution in [2.45, 2.75) is 37.0 Å². The van der Waals surface area contributed by atoms with Crippen LogP contribution < -0.4 is 21.7 Å². The van der Waals surface area contributed by atoms with Crippen LogP contribution in [-0.2, 0) is 25.6 Å². The Labute approximate surface area is 218 Å². The van der Waals surface area contributed by atoms with Crippen molar-refractivity contribution in [3.63, 3.8) is 0 Å². The first-order valence-corrected chi connectivity index (χ1v) is 13.5. The molecule has 1 heterocycles. The number of aliphatic carboxylic acids is 1. The molecule has 4 atom stereocenters. The average molecular weight is 542 g/mol. The molecule has 0 bridgehead atoms. The lowest BCUT2D eigenvalue weighted by Gasteiger charge is -2.24. The van der Waals surface area contributed by atoms with Gasteiger partial charge in [0.25, 0.3) is 0 Å². The van der Waals surface area contributed by atoms with Gasteiger partial charge in [-0.15, -0.1) is 0 Å². The van der Waals surface area contributed by atoms with E-state index in [4.69, 9.17) is 5.73 Å². The third-order valence-corrected chi connectivity index (χ3v) is 6.71. The van der Waals surface area contributed by atoms with Crippen molar-refractivity contribution >= 4 is 71.6 Å². The van der Waals surface area contributed by atoms with Crippen LogP contribution in [-0.4, -0.2) is 81.5 Å². The number of H-pyrrole nitrogens is 1. The molecule has 0 spiro atoms. The van der Waals surface area contributed by atoms with Crippen LogP contribution >= 0.6 is 37.0 Å². The van der Waals surface area contributed by atoms with Crippen molar-refractivity contribution in [2.75, 3.05) is 23.5 Å². The molecule has 0 fully saturated rings. The van der Waals surface area contributed by atoms with Gasteiger partial charge in [-0.2, -0.15) is 37.0 Å². The van der Waals surface area contributed by atoms with E-state index in [0.29, 0.717) is 5.75 Å². The van der Waals surface area contributed by atoms with E-state index in [1.54, 1.807) is 6.20 Å². The Morgan fingerprint density at radius 1 is 1.00 bits per heavy atom. The van der Waals surface area contributed by atoms with E-state index >= 15 is 0 Å². The molecule has 0 saturated carbocycles. The smallest absolute Gasteiger partial charge is 0.326 e. The maximum atomic E-state index is 13.0. The van der Waals surface area contributed by atoms with E-state index < -0.39 is 47.9 Å². The van der Waals surface area contributed by atoms with Gasteiger partial charge < -0.3 is 31.8 Å². The van der Waals surface area contributed by atoms with Gasteiger partial charge in [0.2, 0.25) is 17.7 Å². The van der Waals surface area contributed by atoms with E-state index in [2.05, 4.69) is 46.2 Å².